The summed E-state index contributed by atoms with van der Waals surface area (Å²) in [7, 11) is 5.79. The Bertz CT molecular complexity index is 879. The highest BCUT2D eigenvalue weighted by Crippen LogP contribution is 2.21. The number of H-pyrrole nitrogens is 1. The number of hydrogen-bond acceptors (Lipinski definition) is 2. The molecule has 0 spiro atoms. The molecule has 0 unspecified atom stereocenters. The maximum atomic E-state index is 4.38. The molecule has 2 N–H and O–H groups in total. The summed E-state index contributed by atoms with van der Waals surface area (Å²) in [6.45, 7) is 3.75. The molecule has 140 valence electrons. The first-order chi connectivity index (χ1) is 12.1. The Balaban J connectivity index is 0.00000243. The molecule has 0 aliphatic heterocycles. The van der Waals surface area contributed by atoms with Crippen LogP contribution in [0.5, 0.6) is 0 Å². The van der Waals surface area contributed by atoms with E-state index in [2.05, 4.69) is 56.6 Å². The Labute approximate surface area is 171 Å². The van der Waals surface area contributed by atoms with Gasteiger partial charge in [0, 0.05) is 63.1 Å². The molecule has 0 atom stereocenters. The molecule has 2 heterocycles. The van der Waals surface area contributed by atoms with Crippen LogP contribution in [0.25, 0.3) is 10.9 Å². The van der Waals surface area contributed by atoms with Crippen molar-refractivity contribution in [1.29, 1.82) is 0 Å². The zero-order valence-electron chi connectivity index (χ0n) is 15.8. The molecule has 0 aliphatic rings. The van der Waals surface area contributed by atoms with Crippen LogP contribution in [-0.4, -0.2) is 46.3 Å². The summed E-state index contributed by atoms with van der Waals surface area (Å²) in [5.41, 5.74) is 5.01. The number of guanidine groups is 1. The predicted molar refractivity (Wildman–Crippen MR) is 118 cm³/mol. The Morgan fingerprint density at radius 1 is 1.38 bits per heavy atom. The van der Waals surface area contributed by atoms with E-state index < -0.39 is 0 Å². The van der Waals surface area contributed by atoms with E-state index >= 15 is 0 Å². The quantitative estimate of drug-likeness (QED) is 0.345. The number of aromatic amines is 1. The van der Waals surface area contributed by atoms with Crippen molar-refractivity contribution in [1.82, 2.24) is 25.0 Å². The van der Waals surface area contributed by atoms with Gasteiger partial charge in [0.25, 0.3) is 0 Å². The average Bonchev–Trinajstić information content (AvgIpc) is 3.19. The molecule has 0 amide bonds. The summed E-state index contributed by atoms with van der Waals surface area (Å²) >= 11 is 0. The Hall–Kier alpha value is -2.03. The van der Waals surface area contributed by atoms with Gasteiger partial charge in [-0.2, -0.15) is 5.10 Å². The van der Waals surface area contributed by atoms with E-state index in [0.717, 1.165) is 25.5 Å². The van der Waals surface area contributed by atoms with Crippen molar-refractivity contribution in [3.63, 3.8) is 0 Å². The van der Waals surface area contributed by atoms with Crippen LogP contribution in [0.3, 0.4) is 0 Å². The molecule has 3 rings (SSSR count). The van der Waals surface area contributed by atoms with Gasteiger partial charge in [0.05, 0.1) is 6.20 Å². The highest BCUT2D eigenvalue weighted by molar-refractivity contribution is 14.0. The van der Waals surface area contributed by atoms with Gasteiger partial charge in [0.2, 0.25) is 0 Å². The van der Waals surface area contributed by atoms with E-state index in [-0.39, 0.29) is 24.0 Å². The van der Waals surface area contributed by atoms with Crippen LogP contribution < -0.4 is 5.32 Å². The number of rotatable bonds is 5. The minimum Gasteiger partial charge on any atom is -0.361 e. The zero-order chi connectivity index (χ0) is 17.8. The number of fused-ring (bicyclic) bond motifs is 1. The maximum absolute atomic E-state index is 4.38. The number of para-hydroxylation sites is 1. The fourth-order valence-electron chi connectivity index (χ4n) is 3.17. The first-order valence-corrected chi connectivity index (χ1v) is 8.53. The lowest BCUT2D eigenvalue weighted by Crippen LogP contribution is -2.39. The molecule has 26 heavy (non-hydrogen) atoms. The topological polar surface area (TPSA) is 61.2 Å². The first kappa shape index (κ1) is 20.3. The normalized spacial score (nSPS) is 11.5. The van der Waals surface area contributed by atoms with Crippen LogP contribution in [0.15, 0.2) is 41.8 Å². The summed E-state index contributed by atoms with van der Waals surface area (Å²) in [4.78, 5) is 9.88. The molecular weight excluding hydrogens is 439 g/mol. The Morgan fingerprint density at radius 2 is 2.19 bits per heavy atom. The van der Waals surface area contributed by atoms with Crippen molar-refractivity contribution >= 4 is 40.8 Å². The van der Waals surface area contributed by atoms with Crippen LogP contribution in [0, 0.1) is 6.92 Å². The third-order valence-corrected chi connectivity index (χ3v) is 4.44. The second-order valence-corrected chi connectivity index (χ2v) is 6.41. The predicted octanol–water partition coefficient (Wildman–Crippen LogP) is 3.08. The van der Waals surface area contributed by atoms with Crippen LogP contribution in [0.2, 0.25) is 0 Å². The van der Waals surface area contributed by atoms with Gasteiger partial charge in [-0.1, -0.05) is 18.2 Å². The number of nitrogens with one attached hydrogen (secondary N) is 2. The molecule has 0 radical (unpaired) electrons. The third-order valence-electron chi connectivity index (χ3n) is 4.44. The molecule has 0 bridgehead atoms. The molecule has 0 saturated heterocycles. The van der Waals surface area contributed by atoms with Crippen molar-refractivity contribution in [2.24, 2.45) is 12.0 Å². The van der Waals surface area contributed by atoms with E-state index in [0.29, 0.717) is 0 Å². The van der Waals surface area contributed by atoms with E-state index in [1.807, 2.05) is 38.2 Å². The summed E-state index contributed by atoms with van der Waals surface area (Å²) < 4.78 is 1.82. The van der Waals surface area contributed by atoms with Gasteiger partial charge >= 0.3 is 0 Å². The highest BCUT2D eigenvalue weighted by Gasteiger charge is 2.09. The minimum atomic E-state index is 0. The SMILES string of the molecule is CN=C(NCCc1c[nH]c2c(C)cccc12)N(C)Cc1cnn(C)c1.I. The molecule has 7 heteroatoms. The van der Waals surface area contributed by atoms with Gasteiger partial charge in [-0.3, -0.25) is 9.67 Å². The number of aromatic nitrogens is 3. The number of aryl methyl sites for hydroxylation is 2. The van der Waals surface area contributed by atoms with Gasteiger partial charge in [0.1, 0.15) is 0 Å². The fourth-order valence-corrected chi connectivity index (χ4v) is 3.17. The second-order valence-electron chi connectivity index (χ2n) is 6.41. The number of nitrogens with zero attached hydrogens (tertiary/aromatic N) is 4. The van der Waals surface area contributed by atoms with Crippen LogP contribution in [0.4, 0.5) is 0 Å². The lowest BCUT2D eigenvalue weighted by atomic mass is 10.1. The van der Waals surface area contributed by atoms with E-state index in [9.17, 15) is 0 Å². The molecular formula is C19H27IN6. The molecule has 3 aromatic rings. The minimum absolute atomic E-state index is 0. The molecule has 0 saturated carbocycles. The molecule has 1 aromatic carbocycles. The molecule has 6 nitrogen and oxygen atoms in total. The summed E-state index contributed by atoms with van der Waals surface area (Å²) in [5, 5.41) is 8.97. The number of hydrogen-bond donors (Lipinski definition) is 2. The zero-order valence-corrected chi connectivity index (χ0v) is 18.1. The average molecular weight is 466 g/mol. The van der Waals surface area contributed by atoms with Crippen molar-refractivity contribution < 1.29 is 0 Å². The van der Waals surface area contributed by atoms with E-state index in [4.69, 9.17) is 0 Å². The molecule has 0 fully saturated rings. The van der Waals surface area contributed by atoms with Gasteiger partial charge in [-0.05, 0) is 24.5 Å². The van der Waals surface area contributed by atoms with Gasteiger partial charge in [-0.15, -0.1) is 24.0 Å². The van der Waals surface area contributed by atoms with Gasteiger partial charge in [-0.25, -0.2) is 0 Å². The van der Waals surface area contributed by atoms with Crippen molar-refractivity contribution in [3.8, 4) is 0 Å². The van der Waals surface area contributed by atoms with Crippen LogP contribution in [-0.2, 0) is 20.0 Å². The second kappa shape index (κ2) is 9.07. The van der Waals surface area contributed by atoms with Gasteiger partial charge < -0.3 is 15.2 Å². The lowest BCUT2D eigenvalue weighted by molar-refractivity contribution is 0.477. The number of halogens is 1. The molecule has 2 aromatic heterocycles. The first-order valence-electron chi connectivity index (χ1n) is 8.53. The Kier molecular flexibility index (Phi) is 7.07. The van der Waals surface area contributed by atoms with Crippen LogP contribution >= 0.6 is 24.0 Å². The lowest BCUT2D eigenvalue weighted by Gasteiger charge is -2.21. The standard InChI is InChI=1S/C19H26N6.HI/c1-14-6-5-7-17-16(11-22-18(14)17)8-9-21-19(20-2)24(3)12-15-10-23-25(4)13-15;/h5-7,10-11,13,22H,8-9,12H2,1-4H3,(H,20,21);1H. The fraction of sp³-hybridized carbons (Fsp3) is 0.368. The van der Waals surface area contributed by atoms with Crippen molar-refractivity contribution in [3.05, 3.63) is 53.5 Å². The van der Waals surface area contributed by atoms with Crippen molar-refractivity contribution in [2.75, 3.05) is 20.6 Å². The van der Waals surface area contributed by atoms with Crippen molar-refractivity contribution in [2.45, 2.75) is 19.9 Å². The van der Waals surface area contributed by atoms with E-state index in [1.165, 1.54) is 27.6 Å². The van der Waals surface area contributed by atoms with Gasteiger partial charge in [0.15, 0.2) is 5.96 Å². The highest BCUT2D eigenvalue weighted by atomic mass is 127. The number of aliphatic imine (C=N–C) groups is 1. The third kappa shape index (κ3) is 4.57. The summed E-state index contributed by atoms with van der Waals surface area (Å²) in [6.07, 6.45) is 6.97. The number of benzene rings is 1. The molecule has 0 aliphatic carbocycles. The summed E-state index contributed by atoms with van der Waals surface area (Å²) in [6, 6.07) is 6.43. The van der Waals surface area contributed by atoms with Crippen LogP contribution in [0.1, 0.15) is 16.7 Å². The maximum Gasteiger partial charge on any atom is 0.193 e. The summed E-state index contributed by atoms with van der Waals surface area (Å²) in [5.74, 6) is 0.889. The monoisotopic (exact) mass is 466 g/mol. The van der Waals surface area contributed by atoms with E-state index in [1.54, 1.807) is 0 Å². The Morgan fingerprint density at radius 3 is 2.88 bits per heavy atom. The smallest absolute Gasteiger partial charge is 0.193 e. The largest absolute Gasteiger partial charge is 0.361 e.